The summed E-state index contributed by atoms with van der Waals surface area (Å²) in [6.45, 7) is 21.6. The van der Waals surface area contributed by atoms with Gasteiger partial charge in [0, 0.05) is 37.6 Å². The van der Waals surface area contributed by atoms with E-state index in [9.17, 15) is 19.2 Å². The molecule has 0 aliphatic carbocycles. The standard InChI is InChI=1S/C18H28N2O3.C10H14N2O.C9H18O2/c1-4-23-18(22)16(12-14(2)3)20-13-15(6-7-17(20)21)8-11-19-9-5-10-19;13-10-3-2-9(8-11-10)4-7-12-5-1-6-12;1-5-11-9(10)8(4)6-7(2)3/h6-7,13-14,16H,4-5,8-12H2,1-3H3;2-3,8H,1,4-7H2,(H,11,13);7-8H,5-6H2,1-4H3. The first-order chi connectivity index (χ1) is 22.4. The second-order valence-electron chi connectivity index (χ2n) is 13.4. The number of aromatic nitrogens is 2. The monoisotopic (exact) mass is 656 g/mol. The number of aromatic amines is 1. The number of hydrogen-bond donors (Lipinski definition) is 1. The summed E-state index contributed by atoms with van der Waals surface area (Å²) in [7, 11) is 0. The van der Waals surface area contributed by atoms with Crippen LogP contribution in [0.4, 0.5) is 0 Å². The molecule has 2 aliphatic heterocycles. The van der Waals surface area contributed by atoms with Crippen LogP contribution in [0.5, 0.6) is 0 Å². The van der Waals surface area contributed by atoms with Crippen molar-refractivity contribution in [3.8, 4) is 0 Å². The lowest BCUT2D eigenvalue weighted by atomic mass is 9.99. The lowest BCUT2D eigenvalue weighted by Crippen LogP contribution is -2.38. The maximum absolute atomic E-state index is 12.3. The average Bonchev–Trinajstić information content (AvgIpc) is 2.97. The first-order valence-corrected chi connectivity index (χ1v) is 17.6. The summed E-state index contributed by atoms with van der Waals surface area (Å²) in [6.07, 6.45) is 9.72. The van der Waals surface area contributed by atoms with Gasteiger partial charge in [-0.2, -0.15) is 0 Å². The summed E-state index contributed by atoms with van der Waals surface area (Å²) in [6, 6.07) is 6.39. The lowest BCUT2D eigenvalue weighted by Gasteiger charge is -2.30. The third kappa shape index (κ3) is 15.5. The van der Waals surface area contributed by atoms with Crippen LogP contribution in [0.25, 0.3) is 0 Å². The molecule has 0 spiro atoms. The molecule has 2 aromatic heterocycles. The minimum Gasteiger partial charge on any atom is -0.466 e. The molecule has 4 rings (SSSR count). The van der Waals surface area contributed by atoms with E-state index in [2.05, 4.69) is 28.6 Å². The first-order valence-electron chi connectivity index (χ1n) is 17.6. The summed E-state index contributed by atoms with van der Waals surface area (Å²) >= 11 is 0. The van der Waals surface area contributed by atoms with Crippen LogP contribution in [-0.4, -0.2) is 83.8 Å². The molecule has 4 heterocycles. The van der Waals surface area contributed by atoms with Gasteiger partial charge in [0.2, 0.25) is 5.56 Å². The second-order valence-corrected chi connectivity index (χ2v) is 13.4. The molecule has 0 bridgehead atoms. The number of ether oxygens (including phenoxy) is 2. The van der Waals surface area contributed by atoms with E-state index in [-0.39, 0.29) is 29.0 Å². The van der Waals surface area contributed by atoms with Gasteiger partial charge in [0.25, 0.3) is 5.56 Å². The van der Waals surface area contributed by atoms with E-state index in [1.807, 2.05) is 52.2 Å². The molecule has 2 aliphatic rings. The highest BCUT2D eigenvalue weighted by Gasteiger charge is 2.24. The Kier molecular flexibility index (Phi) is 18.4. The highest BCUT2D eigenvalue weighted by Crippen LogP contribution is 2.19. The van der Waals surface area contributed by atoms with Gasteiger partial charge in [0.15, 0.2) is 0 Å². The number of hydrogen-bond acceptors (Lipinski definition) is 8. The van der Waals surface area contributed by atoms with Crippen LogP contribution in [0.15, 0.2) is 46.2 Å². The Labute approximate surface area is 281 Å². The Morgan fingerprint density at radius 3 is 1.74 bits per heavy atom. The third-order valence-electron chi connectivity index (χ3n) is 8.28. The normalized spacial score (nSPS) is 15.7. The Hall–Kier alpha value is -3.24. The Morgan fingerprint density at radius 2 is 1.28 bits per heavy atom. The van der Waals surface area contributed by atoms with Gasteiger partial charge >= 0.3 is 11.9 Å². The summed E-state index contributed by atoms with van der Waals surface area (Å²) in [5.74, 6) is 0.537. The van der Waals surface area contributed by atoms with Gasteiger partial charge < -0.3 is 28.8 Å². The lowest BCUT2D eigenvalue weighted by molar-refractivity contribution is -0.148. The van der Waals surface area contributed by atoms with Gasteiger partial charge in [-0.15, -0.1) is 0 Å². The molecule has 2 saturated heterocycles. The van der Waals surface area contributed by atoms with Crippen molar-refractivity contribution in [1.29, 1.82) is 0 Å². The van der Waals surface area contributed by atoms with Crippen LogP contribution in [-0.2, 0) is 31.9 Å². The minimum absolute atomic E-state index is 0.0206. The number of nitrogens with zero attached hydrogens (tertiary/aromatic N) is 3. The highest BCUT2D eigenvalue weighted by atomic mass is 16.5. The van der Waals surface area contributed by atoms with Crippen molar-refractivity contribution >= 4 is 11.9 Å². The zero-order valence-corrected chi connectivity index (χ0v) is 30.0. The molecule has 2 atom stereocenters. The summed E-state index contributed by atoms with van der Waals surface area (Å²) in [5.41, 5.74) is 2.14. The van der Waals surface area contributed by atoms with Crippen LogP contribution in [0.2, 0.25) is 0 Å². The van der Waals surface area contributed by atoms with Crippen molar-refractivity contribution in [2.24, 2.45) is 17.8 Å². The van der Waals surface area contributed by atoms with Crippen molar-refractivity contribution in [2.75, 3.05) is 52.5 Å². The number of pyridine rings is 2. The van der Waals surface area contributed by atoms with Gasteiger partial charge in [-0.25, -0.2) is 4.79 Å². The van der Waals surface area contributed by atoms with E-state index >= 15 is 0 Å². The van der Waals surface area contributed by atoms with Gasteiger partial charge in [-0.1, -0.05) is 46.8 Å². The predicted octanol–water partition coefficient (Wildman–Crippen LogP) is 5.10. The zero-order valence-electron chi connectivity index (χ0n) is 30.0. The Balaban J connectivity index is 0.000000270. The quantitative estimate of drug-likeness (QED) is 0.264. The molecule has 2 unspecified atom stereocenters. The van der Waals surface area contributed by atoms with Gasteiger partial charge in [0.1, 0.15) is 6.04 Å². The fraction of sp³-hybridized carbons (Fsp3) is 0.676. The average molecular weight is 657 g/mol. The number of rotatable bonds is 15. The van der Waals surface area contributed by atoms with Crippen LogP contribution in [0.3, 0.4) is 0 Å². The number of H-pyrrole nitrogens is 1. The van der Waals surface area contributed by atoms with E-state index in [0.29, 0.717) is 31.5 Å². The molecule has 1 N–H and O–H groups in total. The number of likely N-dealkylation sites (tertiary alicyclic amines) is 2. The van der Waals surface area contributed by atoms with E-state index in [1.54, 1.807) is 23.6 Å². The molecule has 0 saturated carbocycles. The van der Waals surface area contributed by atoms with Crippen molar-refractivity contribution in [3.05, 3.63) is 68.5 Å². The molecule has 0 radical (unpaired) electrons. The Bertz CT molecular complexity index is 1290. The van der Waals surface area contributed by atoms with Crippen molar-refractivity contribution in [2.45, 2.75) is 93.0 Å². The SMILES string of the molecule is CCOC(=O)C(C)CC(C)C.CCOC(=O)C(CC(C)C)n1cc(CCN2CCC2)ccc1=O.O=c1ccc(CCN2CCC2)c[nH]1. The van der Waals surface area contributed by atoms with Crippen LogP contribution in [0, 0.1) is 17.8 Å². The number of nitrogens with one attached hydrogen (secondary N) is 1. The minimum atomic E-state index is -0.536. The van der Waals surface area contributed by atoms with E-state index < -0.39 is 6.04 Å². The molecule has 0 amide bonds. The summed E-state index contributed by atoms with van der Waals surface area (Å²) < 4.78 is 11.6. The van der Waals surface area contributed by atoms with Crippen LogP contribution in [0.1, 0.15) is 91.3 Å². The maximum atomic E-state index is 12.3. The smallest absolute Gasteiger partial charge is 0.329 e. The van der Waals surface area contributed by atoms with Gasteiger partial charge in [0.05, 0.1) is 19.1 Å². The van der Waals surface area contributed by atoms with Crippen molar-refractivity contribution in [3.63, 3.8) is 0 Å². The van der Waals surface area contributed by atoms with Gasteiger partial charge in [-0.05, 0) is 102 Å². The van der Waals surface area contributed by atoms with E-state index in [4.69, 9.17) is 9.47 Å². The third-order valence-corrected chi connectivity index (χ3v) is 8.28. The molecule has 264 valence electrons. The number of esters is 2. The summed E-state index contributed by atoms with van der Waals surface area (Å²) in [5, 5.41) is 0. The molecule has 10 nitrogen and oxygen atoms in total. The van der Waals surface area contributed by atoms with Crippen molar-refractivity contribution in [1.82, 2.24) is 19.4 Å². The van der Waals surface area contributed by atoms with Gasteiger partial charge in [-0.3, -0.25) is 14.4 Å². The molecule has 10 heteroatoms. The highest BCUT2D eigenvalue weighted by molar-refractivity contribution is 5.74. The number of carbonyl (C=O) groups excluding carboxylic acids is 2. The molecule has 2 aromatic rings. The molecule has 47 heavy (non-hydrogen) atoms. The van der Waals surface area contributed by atoms with E-state index in [0.717, 1.165) is 37.9 Å². The van der Waals surface area contributed by atoms with Crippen LogP contribution >= 0.6 is 0 Å². The second kappa shape index (κ2) is 21.6. The predicted molar refractivity (Wildman–Crippen MR) is 188 cm³/mol. The fourth-order valence-electron chi connectivity index (χ4n) is 5.42. The van der Waals surface area contributed by atoms with Crippen LogP contribution < -0.4 is 11.1 Å². The van der Waals surface area contributed by atoms with E-state index in [1.165, 1.54) is 44.6 Å². The number of carbonyl (C=O) groups is 2. The zero-order chi connectivity index (χ0) is 34.8. The molecule has 0 aromatic carbocycles. The summed E-state index contributed by atoms with van der Waals surface area (Å²) in [4.78, 5) is 53.8. The maximum Gasteiger partial charge on any atom is 0.329 e. The Morgan fingerprint density at radius 1 is 0.745 bits per heavy atom. The fourth-order valence-corrected chi connectivity index (χ4v) is 5.42. The topological polar surface area (TPSA) is 114 Å². The van der Waals surface area contributed by atoms with Crippen molar-refractivity contribution < 1.29 is 19.1 Å². The molecular weight excluding hydrogens is 596 g/mol. The molecular formula is C37H60N4O6. The molecule has 2 fully saturated rings. The first kappa shape index (κ1) is 39.9. The largest absolute Gasteiger partial charge is 0.466 e.